The molecule has 0 radical (unpaired) electrons. The minimum atomic E-state index is -0.199. The zero-order valence-corrected chi connectivity index (χ0v) is 18.6. The maximum absolute atomic E-state index is 11.9. The van der Waals surface area contributed by atoms with E-state index in [0.29, 0.717) is 23.0 Å². The van der Waals surface area contributed by atoms with Crippen LogP contribution in [-0.4, -0.2) is 48.0 Å². The van der Waals surface area contributed by atoms with Crippen molar-refractivity contribution in [2.75, 3.05) is 37.4 Å². The molecule has 8 heteroatoms. The van der Waals surface area contributed by atoms with E-state index in [0.717, 1.165) is 35.4 Å². The lowest BCUT2D eigenvalue weighted by Gasteiger charge is -2.16. The maximum Gasteiger partial charge on any atom is 0.250 e. The molecular weight excluding hydrogens is 416 g/mol. The number of nitrogens with zero attached hydrogens (tertiary/aromatic N) is 3. The van der Waals surface area contributed by atoms with E-state index in [2.05, 4.69) is 44.3 Å². The van der Waals surface area contributed by atoms with Crippen molar-refractivity contribution >= 4 is 28.3 Å². The van der Waals surface area contributed by atoms with Gasteiger partial charge in [-0.3, -0.25) is 4.79 Å². The summed E-state index contributed by atoms with van der Waals surface area (Å²) in [6.45, 7) is 5.29. The minimum absolute atomic E-state index is 0.199. The van der Waals surface area contributed by atoms with Crippen LogP contribution >= 0.6 is 0 Å². The molecule has 0 saturated carbocycles. The topological polar surface area (TPSA) is 95.2 Å². The lowest BCUT2D eigenvalue weighted by Crippen LogP contribution is -2.23. The fourth-order valence-electron chi connectivity index (χ4n) is 3.38. The zero-order chi connectivity index (χ0) is 23.2. The maximum atomic E-state index is 11.9. The van der Waals surface area contributed by atoms with E-state index in [9.17, 15) is 4.79 Å². The van der Waals surface area contributed by atoms with E-state index in [1.54, 1.807) is 13.1 Å². The standard InChI is InChI=1S/C25H26N6O2/c1-4-23(32)31(3)19-6-5-7-20(14-19)33-25-21-15-22(30-24(21)28-16-29-25)17-8-10-18(11-9-17)27-13-12-26-2/h4-11,14-16,26-27H,1,12-13H2,2-3H3,(H,28,29,30). The second-order valence-corrected chi connectivity index (χ2v) is 7.43. The van der Waals surface area contributed by atoms with Crippen LogP contribution in [0.4, 0.5) is 11.4 Å². The monoisotopic (exact) mass is 442 g/mol. The Morgan fingerprint density at radius 2 is 1.97 bits per heavy atom. The van der Waals surface area contributed by atoms with Crippen molar-refractivity contribution in [1.82, 2.24) is 20.3 Å². The van der Waals surface area contributed by atoms with E-state index in [-0.39, 0.29) is 5.91 Å². The number of anilines is 2. The highest BCUT2D eigenvalue weighted by atomic mass is 16.5. The number of ether oxygens (including phenoxy) is 1. The summed E-state index contributed by atoms with van der Waals surface area (Å²) in [7, 11) is 3.62. The molecule has 2 aromatic heterocycles. The summed E-state index contributed by atoms with van der Waals surface area (Å²) in [6.07, 6.45) is 2.73. The van der Waals surface area contributed by atoms with E-state index >= 15 is 0 Å². The van der Waals surface area contributed by atoms with Crippen molar-refractivity contribution in [3.63, 3.8) is 0 Å². The first kappa shape index (κ1) is 22.0. The van der Waals surface area contributed by atoms with Crippen molar-refractivity contribution in [2.45, 2.75) is 0 Å². The number of fused-ring (bicyclic) bond motifs is 1. The molecule has 0 spiro atoms. The Labute approximate surface area is 192 Å². The Kier molecular flexibility index (Phi) is 6.66. The van der Waals surface area contributed by atoms with Crippen LogP contribution in [0.15, 0.2) is 73.6 Å². The van der Waals surface area contributed by atoms with Gasteiger partial charge < -0.3 is 25.3 Å². The van der Waals surface area contributed by atoms with Crippen LogP contribution in [0.1, 0.15) is 0 Å². The number of likely N-dealkylation sites (N-methyl/N-ethyl adjacent to an activating group) is 2. The Morgan fingerprint density at radius 1 is 1.15 bits per heavy atom. The summed E-state index contributed by atoms with van der Waals surface area (Å²) in [5, 5.41) is 7.25. The third kappa shape index (κ3) is 5.02. The van der Waals surface area contributed by atoms with E-state index in [1.165, 1.54) is 17.3 Å². The van der Waals surface area contributed by atoms with Gasteiger partial charge in [0.05, 0.1) is 5.39 Å². The first-order chi connectivity index (χ1) is 16.1. The first-order valence-electron chi connectivity index (χ1n) is 10.6. The number of hydrogen-bond acceptors (Lipinski definition) is 6. The molecule has 4 rings (SSSR count). The number of carbonyl (C=O) groups is 1. The van der Waals surface area contributed by atoms with Crippen molar-refractivity contribution < 1.29 is 9.53 Å². The number of aromatic amines is 1. The molecule has 33 heavy (non-hydrogen) atoms. The predicted molar refractivity (Wildman–Crippen MR) is 132 cm³/mol. The van der Waals surface area contributed by atoms with Crippen molar-refractivity contribution in [1.29, 1.82) is 0 Å². The Hall–Kier alpha value is -4.17. The average molecular weight is 443 g/mol. The number of benzene rings is 2. The van der Waals surface area contributed by atoms with Gasteiger partial charge in [-0.25, -0.2) is 9.97 Å². The Balaban J connectivity index is 1.57. The summed E-state index contributed by atoms with van der Waals surface area (Å²) in [5.41, 5.74) is 4.39. The third-order valence-electron chi connectivity index (χ3n) is 5.21. The zero-order valence-electron chi connectivity index (χ0n) is 18.6. The quantitative estimate of drug-likeness (QED) is 0.266. The summed E-state index contributed by atoms with van der Waals surface area (Å²) < 4.78 is 6.07. The fourth-order valence-corrected chi connectivity index (χ4v) is 3.38. The molecule has 4 aromatic rings. The normalized spacial score (nSPS) is 10.7. The number of aromatic nitrogens is 3. The van der Waals surface area contributed by atoms with E-state index in [4.69, 9.17) is 4.74 Å². The predicted octanol–water partition coefficient (Wildman–Crippen LogP) is 4.20. The number of nitrogens with one attached hydrogen (secondary N) is 3. The molecule has 0 aliphatic rings. The summed E-state index contributed by atoms with van der Waals surface area (Å²) in [4.78, 5) is 25.4. The van der Waals surface area contributed by atoms with E-state index < -0.39 is 0 Å². The molecule has 0 saturated heterocycles. The third-order valence-corrected chi connectivity index (χ3v) is 5.21. The lowest BCUT2D eigenvalue weighted by molar-refractivity contribution is -0.113. The second kappa shape index (κ2) is 9.97. The van der Waals surface area contributed by atoms with Gasteiger partial charge in [0.25, 0.3) is 0 Å². The number of carbonyl (C=O) groups excluding carboxylic acids is 1. The highest BCUT2D eigenvalue weighted by Crippen LogP contribution is 2.32. The summed E-state index contributed by atoms with van der Waals surface area (Å²) in [6, 6.07) is 17.4. The van der Waals surface area contributed by atoms with E-state index in [1.807, 2.05) is 43.4 Å². The summed E-state index contributed by atoms with van der Waals surface area (Å²) in [5.74, 6) is 0.800. The van der Waals surface area contributed by atoms with Gasteiger partial charge in [0.2, 0.25) is 11.8 Å². The smallest absolute Gasteiger partial charge is 0.250 e. The molecular formula is C25H26N6O2. The fraction of sp³-hybridized carbons (Fsp3) is 0.160. The molecule has 0 atom stereocenters. The van der Waals surface area contributed by atoms with Gasteiger partial charge in [0.15, 0.2) is 0 Å². The lowest BCUT2D eigenvalue weighted by atomic mass is 10.1. The molecule has 3 N–H and O–H groups in total. The van der Waals surface area contributed by atoms with Crippen molar-refractivity contribution in [2.24, 2.45) is 0 Å². The van der Waals surface area contributed by atoms with Gasteiger partial charge in [-0.1, -0.05) is 24.8 Å². The van der Waals surface area contributed by atoms with Crippen LogP contribution in [0.3, 0.4) is 0 Å². The molecule has 1 amide bonds. The molecule has 0 fully saturated rings. The number of rotatable bonds is 9. The minimum Gasteiger partial charge on any atom is -0.438 e. The molecule has 2 aromatic carbocycles. The number of amides is 1. The molecule has 8 nitrogen and oxygen atoms in total. The van der Waals surface area contributed by atoms with Crippen LogP contribution in [-0.2, 0) is 4.79 Å². The molecule has 0 unspecified atom stereocenters. The average Bonchev–Trinajstić information content (AvgIpc) is 3.29. The van der Waals surface area contributed by atoms with Gasteiger partial charge in [-0.15, -0.1) is 0 Å². The second-order valence-electron chi connectivity index (χ2n) is 7.43. The van der Waals surface area contributed by atoms with Gasteiger partial charge in [0, 0.05) is 43.3 Å². The molecule has 0 bridgehead atoms. The number of H-pyrrole nitrogens is 1. The first-order valence-corrected chi connectivity index (χ1v) is 10.6. The van der Waals surface area contributed by atoms with Gasteiger partial charge >= 0.3 is 0 Å². The SMILES string of the molecule is C=CC(=O)N(C)c1cccc(Oc2ncnc3[nH]c(-c4ccc(NCCNC)cc4)cc23)c1. The van der Waals surface area contributed by atoms with Gasteiger partial charge in [-0.05, 0) is 49.0 Å². The molecule has 0 aliphatic carbocycles. The van der Waals surface area contributed by atoms with Crippen LogP contribution in [0, 0.1) is 0 Å². The molecule has 0 aliphatic heterocycles. The number of hydrogen-bond donors (Lipinski definition) is 3. The van der Waals surface area contributed by atoms with Crippen molar-refractivity contribution in [3.8, 4) is 22.9 Å². The molecule has 2 heterocycles. The van der Waals surface area contributed by atoms with Crippen molar-refractivity contribution in [3.05, 3.63) is 73.6 Å². The van der Waals surface area contributed by atoms with Gasteiger partial charge in [0.1, 0.15) is 17.7 Å². The van der Waals surface area contributed by atoms with Crippen LogP contribution < -0.4 is 20.3 Å². The highest BCUT2D eigenvalue weighted by Gasteiger charge is 2.13. The Morgan fingerprint density at radius 3 is 2.73 bits per heavy atom. The van der Waals surface area contributed by atoms with Crippen LogP contribution in [0.25, 0.3) is 22.3 Å². The Bertz CT molecular complexity index is 1270. The highest BCUT2D eigenvalue weighted by molar-refractivity contribution is 6.00. The van der Waals surface area contributed by atoms with Crippen LogP contribution in [0.5, 0.6) is 11.6 Å². The van der Waals surface area contributed by atoms with Crippen LogP contribution in [0.2, 0.25) is 0 Å². The molecule has 168 valence electrons. The van der Waals surface area contributed by atoms with Gasteiger partial charge in [-0.2, -0.15) is 0 Å². The summed E-state index contributed by atoms with van der Waals surface area (Å²) >= 11 is 0. The largest absolute Gasteiger partial charge is 0.438 e.